The molecule has 2 N–H and O–H groups in total. The Bertz CT molecular complexity index is 411. The summed E-state index contributed by atoms with van der Waals surface area (Å²) in [6.45, 7) is 2.04. The number of halogens is 3. The van der Waals surface area contributed by atoms with Gasteiger partial charge in [-0.1, -0.05) is 6.92 Å². The standard InChI is InChI=1S/C15H21F3N2/c1-10(11-6-8-20-9-7-11)14(19)12-2-4-13(5-3-12)15(16,17)18/h6-10,12-14H,2-5,19H2,1H3. The minimum atomic E-state index is -4.05. The molecule has 1 fully saturated rings. The van der Waals surface area contributed by atoms with E-state index >= 15 is 0 Å². The molecular formula is C15H21F3N2. The topological polar surface area (TPSA) is 38.9 Å². The van der Waals surface area contributed by atoms with Gasteiger partial charge in [0.2, 0.25) is 0 Å². The zero-order valence-electron chi connectivity index (χ0n) is 11.6. The van der Waals surface area contributed by atoms with Crippen molar-refractivity contribution in [3.63, 3.8) is 0 Å². The number of hydrogen-bond donors (Lipinski definition) is 1. The summed E-state index contributed by atoms with van der Waals surface area (Å²) in [5, 5.41) is 0. The van der Waals surface area contributed by atoms with E-state index in [2.05, 4.69) is 4.98 Å². The predicted molar refractivity (Wildman–Crippen MR) is 72.1 cm³/mol. The Labute approximate surface area is 117 Å². The maximum Gasteiger partial charge on any atom is 0.391 e. The minimum absolute atomic E-state index is 0.0911. The van der Waals surface area contributed by atoms with Crippen LogP contribution < -0.4 is 5.73 Å². The van der Waals surface area contributed by atoms with Crippen molar-refractivity contribution in [2.75, 3.05) is 0 Å². The van der Waals surface area contributed by atoms with Crippen LogP contribution in [-0.2, 0) is 0 Å². The Balaban J connectivity index is 1.93. The number of alkyl halides is 3. The second kappa shape index (κ2) is 6.12. The fraction of sp³-hybridized carbons (Fsp3) is 0.667. The molecule has 0 aliphatic heterocycles. The van der Waals surface area contributed by atoms with Crippen LogP contribution in [-0.4, -0.2) is 17.2 Å². The van der Waals surface area contributed by atoms with E-state index < -0.39 is 12.1 Å². The molecule has 1 aliphatic rings. The van der Waals surface area contributed by atoms with Crippen LogP contribution >= 0.6 is 0 Å². The van der Waals surface area contributed by atoms with E-state index in [4.69, 9.17) is 5.73 Å². The van der Waals surface area contributed by atoms with Crippen LogP contribution in [0, 0.1) is 11.8 Å². The van der Waals surface area contributed by atoms with Crippen molar-refractivity contribution in [1.29, 1.82) is 0 Å². The maximum atomic E-state index is 12.7. The first-order valence-electron chi connectivity index (χ1n) is 7.12. The highest BCUT2D eigenvalue weighted by molar-refractivity contribution is 5.17. The highest BCUT2D eigenvalue weighted by Crippen LogP contribution is 2.41. The lowest BCUT2D eigenvalue weighted by Crippen LogP contribution is -2.39. The fourth-order valence-electron chi connectivity index (χ4n) is 3.13. The molecule has 0 bridgehead atoms. The van der Waals surface area contributed by atoms with Crippen molar-refractivity contribution in [1.82, 2.24) is 4.98 Å². The molecule has 1 aromatic heterocycles. The number of nitrogens with zero attached hydrogens (tertiary/aromatic N) is 1. The van der Waals surface area contributed by atoms with Gasteiger partial charge in [0, 0.05) is 18.4 Å². The molecule has 2 atom stereocenters. The summed E-state index contributed by atoms with van der Waals surface area (Å²) in [5.74, 6) is -0.815. The molecule has 112 valence electrons. The van der Waals surface area contributed by atoms with E-state index in [0.29, 0.717) is 12.8 Å². The molecule has 0 aromatic carbocycles. The van der Waals surface area contributed by atoms with Crippen molar-refractivity contribution < 1.29 is 13.2 Å². The fourth-order valence-corrected chi connectivity index (χ4v) is 3.13. The van der Waals surface area contributed by atoms with Crippen molar-refractivity contribution in [3.05, 3.63) is 30.1 Å². The molecule has 0 radical (unpaired) electrons. The Morgan fingerprint density at radius 3 is 2.20 bits per heavy atom. The van der Waals surface area contributed by atoms with Crippen molar-refractivity contribution >= 4 is 0 Å². The van der Waals surface area contributed by atoms with Gasteiger partial charge in [0.1, 0.15) is 0 Å². The second-order valence-corrected chi connectivity index (χ2v) is 5.80. The summed E-state index contributed by atoms with van der Waals surface area (Å²) in [6, 6.07) is 3.75. The van der Waals surface area contributed by atoms with Crippen molar-refractivity contribution in [3.8, 4) is 0 Å². The van der Waals surface area contributed by atoms with Crippen LogP contribution in [0.2, 0.25) is 0 Å². The van der Waals surface area contributed by atoms with Gasteiger partial charge < -0.3 is 5.73 Å². The molecule has 0 spiro atoms. The van der Waals surface area contributed by atoms with E-state index in [1.807, 2.05) is 19.1 Å². The average molecular weight is 286 g/mol. The number of aromatic nitrogens is 1. The van der Waals surface area contributed by atoms with Crippen LogP contribution in [0.4, 0.5) is 13.2 Å². The van der Waals surface area contributed by atoms with E-state index in [1.54, 1.807) is 12.4 Å². The molecule has 2 rings (SSSR count). The SMILES string of the molecule is CC(c1ccncc1)C(N)C1CCC(C(F)(F)F)CC1. The van der Waals surface area contributed by atoms with E-state index in [1.165, 1.54) is 0 Å². The quantitative estimate of drug-likeness (QED) is 0.915. The summed E-state index contributed by atoms with van der Waals surface area (Å²) in [5.41, 5.74) is 7.38. The van der Waals surface area contributed by atoms with Crippen LogP contribution in [0.5, 0.6) is 0 Å². The zero-order chi connectivity index (χ0) is 14.8. The van der Waals surface area contributed by atoms with Gasteiger partial charge in [0.25, 0.3) is 0 Å². The number of nitrogens with two attached hydrogens (primary N) is 1. The average Bonchev–Trinajstić information content (AvgIpc) is 2.46. The van der Waals surface area contributed by atoms with Gasteiger partial charge >= 0.3 is 6.18 Å². The number of hydrogen-bond acceptors (Lipinski definition) is 2. The third kappa shape index (κ3) is 3.51. The summed E-state index contributed by atoms with van der Waals surface area (Å²) in [4.78, 5) is 3.97. The zero-order valence-corrected chi connectivity index (χ0v) is 11.6. The Kier molecular flexibility index (Phi) is 4.68. The first-order chi connectivity index (χ1) is 9.39. The summed E-state index contributed by atoms with van der Waals surface area (Å²) < 4.78 is 38.0. The Morgan fingerprint density at radius 1 is 1.15 bits per heavy atom. The summed E-state index contributed by atoms with van der Waals surface area (Å²) in [7, 11) is 0. The lowest BCUT2D eigenvalue weighted by molar-refractivity contribution is -0.184. The van der Waals surface area contributed by atoms with E-state index in [9.17, 15) is 13.2 Å². The molecule has 1 aromatic rings. The maximum absolute atomic E-state index is 12.7. The largest absolute Gasteiger partial charge is 0.391 e. The van der Waals surface area contributed by atoms with Crippen LogP contribution in [0.3, 0.4) is 0 Å². The third-order valence-electron chi connectivity index (χ3n) is 4.59. The van der Waals surface area contributed by atoms with Gasteiger partial charge in [-0.2, -0.15) is 13.2 Å². The second-order valence-electron chi connectivity index (χ2n) is 5.80. The van der Waals surface area contributed by atoms with Crippen molar-refractivity contribution in [2.24, 2.45) is 17.6 Å². The summed E-state index contributed by atoms with van der Waals surface area (Å²) >= 11 is 0. The molecule has 1 aliphatic carbocycles. The highest BCUT2D eigenvalue weighted by atomic mass is 19.4. The molecule has 2 nitrogen and oxygen atoms in total. The third-order valence-corrected chi connectivity index (χ3v) is 4.59. The number of pyridine rings is 1. The molecule has 1 saturated carbocycles. The van der Waals surface area contributed by atoms with Crippen LogP contribution in [0.1, 0.15) is 44.1 Å². The van der Waals surface area contributed by atoms with Crippen molar-refractivity contribution in [2.45, 2.75) is 50.7 Å². The smallest absolute Gasteiger partial charge is 0.327 e. The van der Waals surface area contributed by atoms with Gasteiger partial charge in [-0.25, -0.2) is 0 Å². The lowest BCUT2D eigenvalue weighted by atomic mass is 9.74. The summed E-state index contributed by atoms with van der Waals surface area (Å²) in [6.07, 6.45) is 0.960. The lowest BCUT2D eigenvalue weighted by Gasteiger charge is -2.35. The first kappa shape index (κ1) is 15.3. The first-order valence-corrected chi connectivity index (χ1v) is 7.12. The normalized spacial score (nSPS) is 27.1. The molecular weight excluding hydrogens is 265 g/mol. The molecule has 0 saturated heterocycles. The van der Waals surface area contributed by atoms with E-state index in [0.717, 1.165) is 5.56 Å². The highest BCUT2D eigenvalue weighted by Gasteiger charge is 2.42. The molecule has 1 heterocycles. The van der Waals surface area contributed by atoms with Gasteiger partial charge in [0.05, 0.1) is 5.92 Å². The van der Waals surface area contributed by atoms with Gasteiger partial charge in [0.15, 0.2) is 0 Å². The molecule has 0 amide bonds. The van der Waals surface area contributed by atoms with Gasteiger partial charge in [-0.05, 0) is 55.2 Å². The van der Waals surface area contributed by atoms with Crippen LogP contribution in [0.15, 0.2) is 24.5 Å². The van der Waals surface area contributed by atoms with Gasteiger partial charge in [-0.3, -0.25) is 4.98 Å². The van der Waals surface area contributed by atoms with Crippen LogP contribution in [0.25, 0.3) is 0 Å². The van der Waals surface area contributed by atoms with Gasteiger partial charge in [-0.15, -0.1) is 0 Å². The molecule has 5 heteroatoms. The molecule has 2 unspecified atom stereocenters. The monoisotopic (exact) mass is 286 g/mol. The Morgan fingerprint density at radius 2 is 1.70 bits per heavy atom. The predicted octanol–water partition coefficient (Wildman–Crippen LogP) is 3.88. The number of rotatable bonds is 3. The Hall–Kier alpha value is -1.10. The van der Waals surface area contributed by atoms with E-state index in [-0.39, 0.29) is 30.7 Å². The minimum Gasteiger partial charge on any atom is -0.327 e. The molecule has 20 heavy (non-hydrogen) atoms.